The highest BCUT2D eigenvalue weighted by molar-refractivity contribution is 7.91. The molecule has 0 spiro atoms. The topological polar surface area (TPSA) is 83.6 Å². The first kappa shape index (κ1) is 17.5. The zero-order chi connectivity index (χ0) is 17.0. The van der Waals surface area contributed by atoms with Crippen molar-refractivity contribution in [2.45, 2.75) is 32.4 Å². The van der Waals surface area contributed by atoms with Crippen molar-refractivity contribution >= 4 is 21.7 Å². The van der Waals surface area contributed by atoms with Gasteiger partial charge in [0.2, 0.25) is 11.8 Å². The summed E-state index contributed by atoms with van der Waals surface area (Å²) in [4.78, 5) is 25.5. The Morgan fingerprint density at radius 2 is 1.96 bits per heavy atom. The van der Waals surface area contributed by atoms with Gasteiger partial charge in [-0.1, -0.05) is 30.3 Å². The van der Waals surface area contributed by atoms with Crippen LogP contribution in [-0.4, -0.2) is 49.2 Å². The van der Waals surface area contributed by atoms with Gasteiger partial charge >= 0.3 is 0 Å². The summed E-state index contributed by atoms with van der Waals surface area (Å²) in [7, 11) is -3.04. The van der Waals surface area contributed by atoms with Crippen molar-refractivity contribution in [2.75, 3.05) is 18.1 Å². The lowest BCUT2D eigenvalue weighted by molar-refractivity contribution is -0.136. The molecule has 1 aromatic rings. The summed E-state index contributed by atoms with van der Waals surface area (Å²) in [5.41, 5.74) is 0.943. The maximum Gasteiger partial charge on any atom is 0.239 e. The van der Waals surface area contributed by atoms with Gasteiger partial charge in [0, 0.05) is 13.0 Å². The van der Waals surface area contributed by atoms with Gasteiger partial charge in [-0.15, -0.1) is 0 Å². The lowest BCUT2D eigenvalue weighted by atomic mass is 10.1. The van der Waals surface area contributed by atoms with Crippen molar-refractivity contribution in [3.63, 3.8) is 0 Å². The maximum atomic E-state index is 12.2. The molecular weight excluding hydrogens is 316 g/mol. The van der Waals surface area contributed by atoms with E-state index in [9.17, 15) is 18.0 Å². The molecule has 1 fully saturated rings. The standard InChI is InChI=1S/C16H22N2O4S/c1-12(14-6-4-3-5-7-14)18(13(2)19)10-16(20)17-15-8-9-23(21,22)11-15/h3-7,12,15H,8-11H2,1-2H3,(H,17,20). The summed E-state index contributed by atoms with van der Waals surface area (Å²) < 4.78 is 22.9. The summed E-state index contributed by atoms with van der Waals surface area (Å²) in [5, 5.41) is 2.71. The van der Waals surface area contributed by atoms with Gasteiger partial charge in [-0.05, 0) is 18.9 Å². The van der Waals surface area contributed by atoms with E-state index in [1.807, 2.05) is 37.3 Å². The van der Waals surface area contributed by atoms with Gasteiger partial charge in [0.1, 0.15) is 6.54 Å². The van der Waals surface area contributed by atoms with E-state index in [0.29, 0.717) is 6.42 Å². The Labute approximate surface area is 136 Å². The van der Waals surface area contributed by atoms with Crippen LogP contribution in [0.2, 0.25) is 0 Å². The van der Waals surface area contributed by atoms with Crippen molar-refractivity contribution in [1.29, 1.82) is 0 Å². The summed E-state index contributed by atoms with van der Waals surface area (Å²) in [6.45, 7) is 3.21. The zero-order valence-electron chi connectivity index (χ0n) is 13.4. The first-order valence-corrected chi connectivity index (χ1v) is 9.42. The number of nitrogens with zero attached hydrogens (tertiary/aromatic N) is 1. The van der Waals surface area contributed by atoms with Crippen LogP contribution in [0.5, 0.6) is 0 Å². The number of rotatable bonds is 5. The smallest absolute Gasteiger partial charge is 0.239 e. The molecule has 1 saturated heterocycles. The molecule has 2 rings (SSSR count). The number of amides is 2. The Morgan fingerprint density at radius 1 is 1.30 bits per heavy atom. The lowest BCUT2D eigenvalue weighted by Gasteiger charge is -2.28. The van der Waals surface area contributed by atoms with E-state index in [-0.39, 0.29) is 41.9 Å². The van der Waals surface area contributed by atoms with Gasteiger partial charge in [-0.2, -0.15) is 0 Å². The number of carbonyl (C=O) groups excluding carboxylic acids is 2. The number of hydrogen-bond donors (Lipinski definition) is 1. The minimum atomic E-state index is -3.04. The van der Waals surface area contributed by atoms with Crippen LogP contribution in [-0.2, 0) is 19.4 Å². The van der Waals surface area contributed by atoms with Crippen LogP contribution in [0, 0.1) is 0 Å². The highest BCUT2D eigenvalue weighted by atomic mass is 32.2. The van der Waals surface area contributed by atoms with Crippen LogP contribution in [0.25, 0.3) is 0 Å². The number of nitrogens with one attached hydrogen (secondary N) is 1. The second kappa shape index (κ2) is 7.12. The van der Waals surface area contributed by atoms with Crippen molar-refractivity contribution in [3.05, 3.63) is 35.9 Å². The zero-order valence-corrected chi connectivity index (χ0v) is 14.2. The van der Waals surface area contributed by atoms with E-state index >= 15 is 0 Å². The minimum absolute atomic E-state index is 0.0208. The normalized spacial score (nSPS) is 20.7. The van der Waals surface area contributed by atoms with Gasteiger partial charge in [-0.25, -0.2) is 8.42 Å². The number of benzene rings is 1. The van der Waals surface area contributed by atoms with E-state index in [4.69, 9.17) is 0 Å². The van der Waals surface area contributed by atoms with Crippen LogP contribution in [0.1, 0.15) is 31.9 Å². The van der Waals surface area contributed by atoms with E-state index in [0.717, 1.165) is 5.56 Å². The third-order valence-electron chi connectivity index (χ3n) is 4.07. The second-order valence-corrected chi connectivity index (χ2v) is 8.13. The Hall–Kier alpha value is -1.89. The molecule has 1 aliphatic rings. The van der Waals surface area contributed by atoms with Crippen molar-refractivity contribution < 1.29 is 18.0 Å². The predicted molar refractivity (Wildman–Crippen MR) is 87.4 cm³/mol. The van der Waals surface area contributed by atoms with Gasteiger partial charge in [0.05, 0.1) is 17.5 Å². The van der Waals surface area contributed by atoms with Crippen molar-refractivity contribution in [2.24, 2.45) is 0 Å². The Bertz CT molecular complexity index is 673. The molecule has 2 amide bonds. The first-order chi connectivity index (χ1) is 10.8. The van der Waals surface area contributed by atoms with Crippen LogP contribution < -0.4 is 5.32 Å². The van der Waals surface area contributed by atoms with Gasteiger partial charge in [0.25, 0.3) is 0 Å². The monoisotopic (exact) mass is 338 g/mol. The summed E-state index contributed by atoms with van der Waals surface area (Å²) in [5.74, 6) is -0.442. The predicted octanol–water partition coefficient (Wildman–Crippen LogP) is 0.899. The maximum absolute atomic E-state index is 12.2. The molecule has 2 unspecified atom stereocenters. The van der Waals surface area contributed by atoms with Crippen LogP contribution in [0.15, 0.2) is 30.3 Å². The first-order valence-electron chi connectivity index (χ1n) is 7.60. The third-order valence-corrected chi connectivity index (χ3v) is 5.83. The Morgan fingerprint density at radius 3 is 2.48 bits per heavy atom. The molecule has 0 saturated carbocycles. The highest BCUT2D eigenvalue weighted by Crippen LogP contribution is 2.20. The molecule has 2 atom stereocenters. The molecule has 7 heteroatoms. The molecular formula is C16H22N2O4S. The average molecular weight is 338 g/mol. The van der Waals surface area contributed by atoms with Crippen LogP contribution >= 0.6 is 0 Å². The Balaban J connectivity index is 1.99. The highest BCUT2D eigenvalue weighted by Gasteiger charge is 2.30. The number of carbonyl (C=O) groups is 2. The van der Waals surface area contributed by atoms with E-state index < -0.39 is 9.84 Å². The molecule has 0 bridgehead atoms. The summed E-state index contributed by atoms with van der Waals surface area (Å²) in [6.07, 6.45) is 0.433. The number of hydrogen-bond acceptors (Lipinski definition) is 4. The fraction of sp³-hybridized carbons (Fsp3) is 0.500. The molecule has 1 heterocycles. The van der Waals surface area contributed by atoms with E-state index in [2.05, 4.69) is 5.32 Å². The molecule has 1 aromatic carbocycles. The van der Waals surface area contributed by atoms with Gasteiger partial charge < -0.3 is 10.2 Å². The number of sulfone groups is 1. The molecule has 6 nitrogen and oxygen atoms in total. The van der Waals surface area contributed by atoms with Gasteiger partial charge in [0.15, 0.2) is 9.84 Å². The van der Waals surface area contributed by atoms with Gasteiger partial charge in [-0.3, -0.25) is 9.59 Å². The molecule has 1 aliphatic heterocycles. The summed E-state index contributed by atoms with van der Waals surface area (Å²) in [6, 6.07) is 8.88. The van der Waals surface area contributed by atoms with Crippen molar-refractivity contribution in [3.8, 4) is 0 Å². The molecule has 126 valence electrons. The minimum Gasteiger partial charge on any atom is -0.351 e. The SMILES string of the molecule is CC(=O)N(CC(=O)NC1CCS(=O)(=O)C1)C(C)c1ccccc1. The largest absolute Gasteiger partial charge is 0.351 e. The van der Waals surface area contributed by atoms with Crippen molar-refractivity contribution in [1.82, 2.24) is 10.2 Å². The molecule has 0 aromatic heterocycles. The molecule has 0 radical (unpaired) electrons. The van der Waals surface area contributed by atoms with E-state index in [1.54, 1.807) is 0 Å². The average Bonchev–Trinajstić information content (AvgIpc) is 2.83. The molecule has 23 heavy (non-hydrogen) atoms. The fourth-order valence-electron chi connectivity index (χ4n) is 2.77. The molecule has 0 aliphatic carbocycles. The second-order valence-electron chi connectivity index (χ2n) is 5.90. The lowest BCUT2D eigenvalue weighted by Crippen LogP contribution is -2.44. The summed E-state index contributed by atoms with van der Waals surface area (Å²) >= 11 is 0. The molecule has 1 N–H and O–H groups in total. The van der Waals surface area contributed by atoms with Crippen LogP contribution in [0.4, 0.5) is 0 Å². The van der Waals surface area contributed by atoms with E-state index in [1.165, 1.54) is 11.8 Å². The van der Waals surface area contributed by atoms with Crippen LogP contribution in [0.3, 0.4) is 0 Å². The fourth-order valence-corrected chi connectivity index (χ4v) is 4.44. The Kier molecular flexibility index (Phi) is 5.41. The quantitative estimate of drug-likeness (QED) is 0.864. The third kappa shape index (κ3) is 4.79.